The van der Waals surface area contributed by atoms with E-state index in [1.807, 2.05) is 6.20 Å². The molecule has 0 aliphatic carbocycles. The third kappa shape index (κ3) is 5.42. The minimum absolute atomic E-state index is 0.318. The third-order valence-electron chi connectivity index (χ3n) is 5.31. The van der Waals surface area contributed by atoms with E-state index in [0.29, 0.717) is 29.1 Å². The molecule has 0 amide bonds. The molecule has 1 aliphatic heterocycles. The fourth-order valence-corrected chi connectivity index (χ4v) is 4.16. The quantitative estimate of drug-likeness (QED) is 0.724. The molecule has 7 heteroatoms. The number of sulfone groups is 1. The summed E-state index contributed by atoms with van der Waals surface area (Å²) in [4.78, 5) is 11.1. The van der Waals surface area contributed by atoms with Gasteiger partial charge >= 0.3 is 0 Å². The normalized spacial score (nSPS) is 16.9. The minimum atomic E-state index is -3.16. The van der Waals surface area contributed by atoms with Crippen LogP contribution in [0.4, 0.5) is 5.82 Å². The van der Waals surface area contributed by atoms with Crippen LogP contribution in [0.25, 0.3) is 0 Å². The first-order valence-corrected chi connectivity index (χ1v) is 11.3. The number of aromatic nitrogens is 2. The highest BCUT2D eigenvalue weighted by Crippen LogP contribution is 2.29. The van der Waals surface area contributed by atoms with Gasteiger partial charge in [0.25, 0.3) is 0 Å². The summed E-state index contributed by atoms with van der Waals surface area (Å²) in [5.74, 6) is 2.95. The second kappa shape index (κ2) is 8.69. The van der Waals surface area contributed by atoms with Crippen LogP contribution >= 0.6 is 0 Å². The zero-order valence-electron chi connectivity index (χ0n) is 15.9. The molecule has 0 radical (unpaired) electrons. The Hall–Kier alpha value is -2.15. The van der Waals surface area contributed by atoms with E-state index in [1.165, 1.54) is 6.26 Å². The molecule has 1 aromatic heterocycles. The Morgan fingerprint density at radius 3 is 2.48 bits per heavy atom. The van der Waals surface area contributed by atoms with Crippen LogP contribution in [0.3, 0.4) is 0 Å². The second-order valence-electron chi connectivity index (χ2n) is 7.25. The lowest BCUT2D eigenvalue weighted by molar-refractivity contribution is 0.223. The molecule has 2 aromatic rings. The van der Waals surface area contributed by atoms with Gasteiger partial charge in [0.15, 0.2) is 9.84 Å². The Bertz CT molecular complexity index is 817. The first-order chi connectivity index (χ1) is 12.9. The molecule has 1 saturated heterocycles. The fraction of sp³-hybridized carbons (Fsp3) is 0.500. The van der Waals surface area contributed by atoms with E-state index in [2.05, 4.69) is 21.8 Å². The van der Waals surface area contributed by atoms with Crippen molar-refractivity contribution >= 4 is 15.7 Å². The van der Waals surface area contributed by atoms with Crippen molar-refractivity contribution in [1.29, 1.82) is 0 Å². The molecule has 1 aromatic carbocycles. The Labute approximate surface area is 161 Å². The summed E-state index contributed by atoms with van der Waals surface area (Å²) in [5.41, 5.74) is 0. The van der Waals surface area contributed by atoms with Crippen molar-refractivity contribution in [3.05, 3.63) is 42.9 Å². The number of nitrogens with zero attached hydrogens (tertiary/aromatic N) is 3. The summed E-state index contributed by atoms with van der Waals surface area (Å²) >= 11 is 0. The Balaban J connectivity index is 1.42. The maximum atomic E-state index is 11.5. The van der Waals surface area contributed by atoms with E-state index in [4.69, 9.17) is 4.74 Å². The zero-order valence-corrected chi connectivity index (χ0v) is 16.7. The van der Waals surface area contributed by atoms with Gasteiger partial charge in [-0.05, 0) is 55.4 Å². The van der Waals surface area contributed by atoms with Crippen molar-refractivity contribution < 1.29 is 13.2 Å². The van der Waals surface area contributed by atoms with Crippen LogP contribution in [0.5, 0.6) is 5.75 Å². The monoisotopic (exact) mass is 389 g/mol. The number of piperidine rings is 1. The molecule has 1 atom stereocenters. The molecule has 2 heterocycles. The molecule has 27 heavy (non-hydrogen) atoms. The lowest BCUT2D eigenvalue weighted by Gasteiger charge is -2.35. The molecule has 1 unspecified atom stereocenters. The van der Waals surface area contributed by atoms with Gasteiger partial charge in [-0.3, -0.25) is 4.98 Å². The van der Waals surface area contributed by atoms with Crippen molar-refractivity contribution in [2.45, 2.75) is 31.1 Å². The van der Waals surface area contributed by atoms with Crippen molar-refractivity contribution in [1.82, 2.24) is 9.97 Å². The van der Waals surface area contributed by atoms with Gasteiger partial charge in [0.2, 0.25) is 0 Å². The van der Waals surface area contributed by atoms with Gasteiger partial charge in [-0.1, -0.05) is 6.92 Å². The average molecular weight is 390 g/mol. The number of hydrogen-bond acceptors (Lipinski definition) is 6. The highest BCUT2D eigenvalue weighted by atomic mass is 32.2. The fourth-order valence-electron chi connectivity index (χ4n) is 3.53. The first kappa shape index (κ1) is 19.6. The molecule has 1 fully saturated rings. The van der Waals surface area contributed by atoms with Gasteiger partial charge in [0.1, 0.15) is 11.6 Å². The first-order valence-electron chi connectivity index (χ1n) is 9.37. The zero-order chi connectivity index (χ0) is 19.3. The summed E-state index contributed by atoms with van der Waals surface area (Å²) in [6.45, 7) is 4.96. The number of ether oxygens (including phenoxy) is 1. The van der Waals surface area contributed by atoms with Gasteiger partial charge in [0, 0.05) is 31.7 Å². The molecule has 0 spiro atoms. The van der Waals surface area contributed by atoms with Crippen LogP contribution in [-0.2, 0) is 9.84 Å². The van der Waals surface area contributed by atoms with Crippen molar-refractivity contribution in [2.24, 2.45) is 11.8 Å². The number of anilines is 1. The van der Waals surface area contributed by atoms with Crippen LogP contribution in [-0.4, -0.2) is 44.3 Å². The second-order valence-corrected chi connectivity index (χ2v) is 9.26. The van der Waals surface area contributed by atoms with Gasteiger partial charge in [0.05, 0.1) is 17.7 Å². The van der Waals surface area contributed by atoms with Crippen molar-refractivity contribution in [3.63, 3.8) is 0 Å². The maximum absolute atomic E-state index is 11.5. The molecule has 0 N–H and O–H groups in total. The van der Waals surface area contributed by atoms with E-state index >= 15 is 0 Å². The van der Waals surface area contributed by atoms with Crippen LogP contribution < -0.4 is 9.64 Å². The summed E-state index contributed by atoms with van der Waals surface area (Å²) in [6, 6.07) is 6.63. The highest BCUT2D eigenvalue weighted by molar-refractivity contribution is 7.90. The predicted octanol–water partition coefficient (Wildman–Crippen LogP) is 3.20. The third-order valence-corrected chi connectivity index (χ3v) is 6.44. The summed E-state index contributed by atoms with van der Waals surface area (Å²) < 4.78 is 28.8. The summed E-state index contributed by atoms with van der Waals surface area (Å²) in [6.07, 6.45) is 9.77. The average Bonchev–Trinajstić information content (AvgIpc) is 2.68. The summed E-state index contributed by atoms with van der Waals surface area (Å²) in [7, 11) is -3.16. The molecule has 3 rings (SSSR count). The smallest absolute Gasteiger partial charge is 0.175 e. The van der Waals surface area contributed by atoms with Crippen LogP contribution in [0.1, 0.15) is 26.2 Å². The van der Waals surface area contributed by atoms with Crippen LogP contribution in [0.15, 0.2) is 47.8 Å². The molecule has 146 valence electrons. The van der Waals surface area contributed by atoms with E-state index in [1.54, 1.807) is 36.7 Å². The molecule has 0 bridgehead atoms. The van der Waals surface area contributed by atoms with E-state index in [9.17, 15) is 8.42 Å². The molecular formula is C20H27N3O3S. The molecular weight excluding hydrogens is 362 g/mol. The number of hydrogen-bond donors (Lipinski definition) is 0. The lowest BCUT2D eigenvalue weighted by Crippen LogP contribution is -2.36. The topological polar surface area (TPSA) is 72.4 Å². The van der Waals surface area contributed by atoms with E-state index in [-0.39, 0.29) is 0 Å². The molecule has 0 saturated carbocycles. The Morgan fingerprint density at radius 2 is 1.89 bits per heavy atom. The minimum Gasteiger partial charge on any atom is -0.494 e. The predicted molar refractivity (Wildman–Crippen MR) is 106 cm³/mol. The van der Waals surface area contributed by atoms with Gasteiger partial charge in [-0.25, -0.2) is 13.4 Å². The number of rotatable bonds is 7. The SMILES string of the molecule is CC(CCOc1ccc(S(C)(=O)=O)cc1)C1CCN(c2cnccn2)CC1. The van der Waals surface area contributed by atoms with Gasteiger partial charge in [-0.15, -0.1) is 0 Å². The summed E-state index contributed by atoms with van der Waals surface area (Å²) in [5, 5.41) is 0. The van der Waals surface area contributed by atoms with Crippen LogP contribution in [0, 0.1) is 11.8 Å². The van der Waals surface area contributed by atoms with E-state index in [0.717, 1.165) is 38.2 Å². The van der Waals surface area contributed by atoms with E-state index < -0.39 is 9.84 Å². The largest absolute Gasteiger partial charge is 0.494 e. The Morgan fingerprint density at radius 1 is 1.19 bits per heavy atom. The van der Waals surface area contributed by atoms with Crippen LogP contribution in [0.2, 0.25) is 0 Å². The van der Waals surface area contributed by atoms with Crippen molar-refractivity contribution in [3.8, 4) is 5.75 Å². The standard InChI is InChI=1S/C20H27N3O3S/c1-16(9-14-26-18-3-5-19(6-4-18)27(2,24)25)17-7-12-23(13-8-17)20-15-21-10-11-22-20/h3-6,10-11,15-17H,7-9,12-14H2,1-2H3. The molecule has 6 nitrogen and oxygen atoms in total. The van der Waals surface area contributed by atoms with Crippen molar-refractivity contribution in [2.75, 3.05) is 30.9 Å². The molecule has 1 aliphatic rings. The highest BCUT2D eigenvalue weighted by Gasteiger charge is 2.24. The van der Waals surface area contributed by atoms with Gasteiger partial charge in [-0.2, -0.15) is 0 Å². The van der Waals surface area contributed by atoms with Gasteiger partial charge < -0.3 is 9.64 Å². The lowest BCUT2D eigenvalue weighted by atomic mass is 9.84. The maximum Gasteiger partial charge on any atom is 0.175 e. The Kier molecular flexibility index (Phi) is 6.31. The number of benzene rings is 1.